The molecule has 0 amide bonds. The molecule has 9 heavy (non-hydrogen) atoms. The molecule has 2 atom stereocenters. The number of fused-ring (bicyclic) bond motifs is 2. The van der Waals surface area contributed by atoms with Gasteiger partial charge in [0.15, 0.2) is 0 Å². The molecule has 2 fully saturated rings. The largest absolute Gasteiger partial charge is 0.324 e. The Labute approximate surface area is 56.4 Å². The Hall–Kier alpha value is -0.0800. The van der Waals surface area contributed by atoms with E-state index in [1.807, 2.05) is 0 Å². The van der Waals surface area contributed by atoms with E-state index in [0.717, 1.165) is 12.1 Å². The van der Waals surface area contributed by atoms with Gasteiger partial charge in [-0.25, -0.2) is 0 Å². The van der Waals surface area contributed by atoms with Crippen molar-refractivity contribution in [1.29, 1.82) is 0 Å². The molecule has 2 heteroatoms. The lowest BCUT2D eigenvalue weighted by Gasteiger charge is -2.34. The van der Waals surface area contributed by atoms with Crippen LogP contribution < -0.4 is 5.32 Å². The van der Waals surface area contributed by atoms with E-state index in [2.05, 4.69) is 19.4 Å². The Bertz CT molecular complexity index is 131. The van der Waals surface area contributed by atoms with E-state index in [1.54, 1.807) is 0 Å². The molecule has 0 aromatic carbocycles. The number of nitrogens with one attached hydrogen (secondary N) is 1. The first kappa shape index (κ1) is 5.69. The standard InChI is InChI=1S/C7H15N2/c1-9(2)5-6-3-7(9)4-8-6/h6-8H,3-5H2,1-2H3/q+1/t6-,7-/m1/s1. The summed E-state index contributed by atoms with van der Waals surface area (Å²) >= 11 is 0. The Balaban J connectivity index is 2.18. The number of rotatable bonds is 0. The first-order valence-electron chi connectivity index (χ1n) is 3.74. The highest BCUT2D eigenvalue weighted by Crippen LogP contribution is 2.26. The molecular weight excluding hydrogens is 112 g/mol. The van der Waals surface area contributed by atoms with Crippen LogP contribution >= 0.6 is 0 Å². The van der Waals surface area contributed by atoms with Crippen LogP contribution in [0.3, 0.4) is 0 Å². The highest BCUT2D eigenvalue weighted by atomic mass is 15.4. The van der Waals surface area contributed by atoms with Crippen LogP contribution in [0.4, 0.5) is 0 Å². The van der Waals surface area contributed by atoms with Gasteiger partial charge in [-0.15, -0.1) is 0 Å². The predicted molar refractivity (Wildman–Crippen MR) is 37.2 cm³/mol. The normalized spacial score (nSPS) is 46.0. The summed E-state index contributed by atoms with van der Waals surface area (Å²) in [5, 5.41) is 3.50. The summed E-state index contributed by atoms with van der Waals surface area (Å²) in [6.45, 7) is 2.59. The van der Waals surface area contributed by atoms with E-state index in [9.17, 15) is 0 Å². The zero-order valence-electron chi connectivity index (χ0n) is 6.22. The van der Waals surface area contributed by atoms with Crippen molar-refractivity contribution in [1.82, 2.24) is 5.32 Å². The van der Waals surface area contributed by atoms with Crippen LogP contribution in [0.25, 0.3) is 0 Å². The second-order valence-electron chi connectivity index (χ2n) is 3.96. The maximum Gasteiger partial charge on any atom is 0.103 e. The van der Waals surface area contributed by atoms with E-state index in [4.69, 9.17) is 0 Å². The van der Waals surface area contributed by atoms with E-state index >= 15 is 0 Å². The molecule has 2 bridgehead atoms. The summed E-state index contributed by atoms with van der Waals surface area (Å²) in [5.74, 6) is 0. The van der Waals surface area contributed by atoms with Crippen LogP contribution in [0.15, 0.2) is 0 Å². The fourth-order valence-electron chi connectivity index (χ4n) is 2.19. The molecule has 0 radical (unpaired) electrons. The lowest BCUT2D eigenvalue weighted by atomic mass is 10.2. The van der Waals surface area contributed by atoms with Crippen LogP contribution in [0.2, 0.25) is 0 Å². The summed E-state index contributed by atoms with van der Waals surface area (Å²) in [6.07, 6.45) is 1.41. The minimum Gasteiger partial charge on any atom is -0.324 e. The summed E-state index contributed by atoms with van der Waals surface area (Å²) in [7, 11) is 4.68. The minimum absolute atomic E-state index is 0.838. The Morgan fingerprint density at radius 2 is 2.22 bits per heavy atom. The van der Waals surface area contributed by atoms with Crippen molar-refractivity contribution in [2.24, 2.45) is 0 Å². The van der Waals surface area contributed by atoms with E-state index in [-0.39, 0.29) is 0 Å². The number of hydrogen-bond acceptors (Lipinski definition) is 1. The van der Waals surface area contributed by atoms with Gasteiger partial charge in [0.25, 0.3) is 0 Å². The highest BCUT2D eigenvalue weighted by Gasteiger charge is 2.45. The van der Waals surface area contributed by atoms with Crippen LogP contribution in [0.5, 0.6) is 0 Å². The first-order chi connectivity index (χ1) is 4.18. The third-order valence-corrected chi connectivity index (χ3v) is 2.88. The molecule has 2 saturated heterocycles. The Morgan fingerprint density at radius 3 is 2.44 bits per heavy atom. The van der Waals surface area contributed by atoms with Crippen LogP contribution in [0.1, 0.15) is 6.42 Å². The smallest absolute Gasteiger partial charge is 0.103 e. The molecule has 2 rings (SSSR count). The zero-order chi connectivity index (χ0) is 6.48. The number of likely N-dealkylation sites (N-methyl/N-ethyl adjacent to an activating group) is 1. The zero-order valence-corrected chi connectivity index (χ0v) is 6.22. The molecule has 2 heterocycles. The molecule has 0 aromatic heterocycles. The Kier molecular flexibility index (Phi) is 0.945. The maximum absolute atomic E-state index is 3.50. The van der Waals surface area contributed by atoms with Crippen LogP contribution in [-0.2, 0) is 0 Å². The quantitative estimate of drug-likeness (QED) is 0.445. The average Bonchev–Trinajstić information content (AvgIpc) is 2.19. The SMILES string of the molecule is C[N+]1(C)C[C@H]2C[C@@H]1CN2. The highest BCUT2D eigenvalue weighted by molar-refractivity contribution is 4.88. The van der Waals surface area contributed by atoms with Crippen molar-refractivity contribution in [3.05, 3.63) is 0 Å². The summed E-state index contributed by atoms with van der Waals surface area (Å²) in [5.41, 5.74) is 0. The fourth-order valence-corrected chi connectivity index (χ4v) is 2.19. The average molecular weight is 127 g/mol. The van der Waals surface area contributed by atoms with Gasteiger partial charge in [-0.3, -0.25) is 0 Å². The second-order valence-corrected chi connectivity index (χ2v) is 3.96. The lowest BCUT2D eigenvalue weighted by Crippen LogP contribution is -2.53. The monoisotopic (exact) mass is 127 g/mol. The van der Waals surface area contributed by atoms with Gasteiger partial charge in [-0.2, -0.15) is 0 Å². The van der Waals surface area contributed by atoms with Crippen molar-refractivity contribution in [2.45, 2.75) is 18.5 Å². The molecule has 0 aliphatic carbocycles. The molecule has 0 saturated carbocycles. The third-order valence-electron chi connectivity index (χ3n) is 2.88. The van der Waals surface area contributed by atoms with Gasteiger partial charge in [0.05, 0.1) is 26.7 Å². The molecule has 2 aliphatic rings. The van der Waals surface area contributed by atoms with Crippen molar-refractivity contribution in [2.75, 3.05) is 27.2 Å². The van der Waals surface area contributed by atoms with Gasteiger partial charge < -0.3 is 9.80 Å². The van der Waals surface area contributed by atoms with Gasteiger partial charge in [0.2, 0.25) is 0 Å². The van der Waals surface area contributed by atoms with E-state index < -0.39 is 0 Å². The molecule has 0 aromatic rings. The van der Waals surface area contributed by atoms with Crippen molar-refractivity contribution in [3.63, 3.8) is 0 Å². The van der Waals surface area contributed by atoms with Crippen LogP contribution in [-0.4, -0.2) is 43.8 Å². The second kappa shape index (κ2) is 1.50. The first-order valence-corrected chi connectivity index (χ1v) is 3.74. The summed E-state index contributed by atoms with van der Waals surface area (Å²) in [6, 6.07) is 1.75. The maximum atomic E-state index is 3.50. The number of likely N-dealkylation sites (tertiary alicyclic amines) is 1. The third kappa shape index (κ3) is 0.700. The van der Waals surface area contributed by atoms with E-state index in [0.29, 0.717) is 0 Å². The molecule has 0 unspecified atom stereocenters. The fraction of sp³-hybridized carbons (Fsp3) is 1.00. The summed E-state index contributed by atoms with van der Waals surface area (Å²) < 4.78 is 1.25. The molecule has 2 aliphatic heterocycles. The van der Waals surface area contributed by atoms with Gasteiger partial charge in [-0.1, -0.05) is 0 Å². The molecule has 2 nitrogen and oxygen atoms in total. The van der Waals surface area contributed by atoms with Crippen molar-refractivity contribution < 1.29 is 4.48 Å². The van der Waals surface area contributed by atoms with Gasteiger partial charge >= 0.3 is 0 Å². The Morgan fingerprint density at radius 1 is 1.44 bits per heavy atom. The predicted octanol–water partition coefficient (Wildman–Crippen LogP) is -0.193. The number of quaternary nitrogens is 1. The number of hydrogen-bond donors (Lipinski definition) is 1. The molecule has 52 valence electrons. The molecule has 1 N–H and O–H groups in total. The summed E-state index contributed by atoms with van der Waals surface area (Å²) in [4.78, 5) is 0. The molecular formula is C7H15N2+. The number of piperazine rings is 1. The van der Waals surface area contributed by atoms with Crippen LogP contribution in [0, 0.1) is 0 Å². The van der Waals surface area contributed by atoms with E-state index in [1.165, 1.54) is 24.0 Å². The van der Waals surface area contributed by atoms with Crippen molar-refractivity contribution in [3.8, 4) is 0 Å². The topological polar surface area (TPSA) is 12.0 Å². The van der Waals surface area contributed by atoms with Gasteiger partial charge in [0.1, 0.15) is 6.04 Å². The lowest BCUT2D eigenvalue weighted by molar-refractivity contribution is -0.904. The minimum atomic E-state index is 0.838. The van der Waals surface area contributed by atoms with Crippen molar-refractivity contribution >= 4 is 0 Å². The molecule has 0 spiro atoms. The van der Waals surface area contributed by atoms with Gasteiger partial charge in [-0.05, 0) is 0 Å². The van der Waals surface area contributed by atoms with Gasteiger partial charge in [0, 0.05) is 13.0 Å². The number of nitrogens with zero attached hydrogens (tertiary/aromatic N) is 1.